The molecular weight excluding hydrogens is 440 g/mol. The minimum atomic E-state index is -1.08. The second kappa shape index (κ2) is 11.7. The van der Waals surface area contributed by atoms with Crippen LogP contribution < -0.4 is 5.32 Å². The number of benzene rings is 2. The minimum Gasteiger partial charge on any atom is -0.480 e. The summed E-state index contributed by atoms with van der Waals surface area (Å²) in [5.74, 6) is -0.914. The van der Waals surface area contributed by atoms with Crippen molar-refractivity contribution in [2.45, 2.75) is 31.7 Å². The number of carboxylic acid groups (broad SMARTS) is 1. The Morgan fingerprint density at radius 2 is 1.70 bits per heavy atom. The van der Waals surface area contributed by atoms with E-state index in [1.807, 2.05) is 49.6 Å². The van der Waals surface area contributed by atoms with Gasteiger partial charge in [0.2, 0.25) is 5.91 Å². The molecule has 1 atom stereocenters. The summed E-state index contributed by atoms with van der Waals surface area (Å²) in [5.41, 5.74) is 4.49. The number of fused-ring (bicyclic) bond motifs is 3. The first-order valence-electron chi connectivity index (χ1n) is 11.1. The molecule has 8 heteroatoms. The minimum absolute atomic E-state index is 0.0768. The molecule has 0 bridgehead atoms. The summed E-state index contributed by atoms with van der Waals surface area (Å²) < 4.78 is 5.58. The second-order valence-electron chi connectivity index (χ2n) is 7.96. The van der Waals surface area contributed by atoms with Crippen LogP contribution in [0.4, 0.5) is 4.79 Å². The van der Waals surface area contributed by atoms with Crippen LogP contribution in [0, 0.1) is 0 Å². The number of hydrogen-bond donors (Lipinski definition) is 2. The van der Waals surface area contributed by atoms with Gasteiger partial charge in [-0.15, -0.1) is 0 Å². The molecule has 0 aromatic heterocycles. The number of alkyl carbamates (subject to hydrolysis) is 1. The molecule has 0 fully saturated rings. The van der Waals surface area contributed by atoms with Gasteiger partial charge in [-0.1, -0.05) is 55.5 Å². The van der Waals surface area contributed by atoms with Crippen LogP contribution in [0.1, 0.15) is 36.8 Å². The van der Waals surface area contributed by atoms with Crippen molar-refractivity contribution in [3.05, 3.63) is 59.7 Å². The molecule has 0 radical (unpaired) electrons. The van der Waals surface area contributed by atoms with Crippen LogP contribution >= 0.6 is 11.8 Å². The summed E-state index contributed by atoms with van der Waals surface area (Å²) in [5, 5.41) is 11.8. The van der Waals surface area contributed by atoms with E-state index in [2.05, 4.69) is 17.4 Å². The molecule has 7 nitrogen and oxygen atoms in total. The average molecular weight is 471 g/mol. The summed E-state index contributed by atoms with van der Waals surface area (Å²) in [6.07, 6.45) is 2.25. The van der Waals surface area contributed by atoms with Crippen molar-refractivity contribution < 1.29 is 24.2 Å². The zero-order valence-corrected chi connectivity index (χ0v) is 19.8. The first-order valence-corrected chi connectivity index (χ1v) is 12.5. The molecular formula is C25H30N2O5S. The predicted molar refractivity (Wildman–Crippen MR) is 129 cm³/mol. The standard InChI is InChI=1S/C25H30N2O5S/c1-3-13-27(15-23(28)29)24(30)22(12-14-33-2)26-25(31)32-16-21-19-10-6-4-8-17(19)18-9-5-7-11-20(18)21/h4-11,21-22H,3,12-16H2,1-2H3,(H,26,31)(H,28,29)/t22-/m0/s1. The van der Waals surface area contributed by atoms with Gasteiger partial charge in [-0.3, -0.25) is 9.59 Å². The Morgan fingerprint density at radius 1 is 1.09 bits per heavy atom. The number of carbonyl (C=O) groups excluding carboxylic acids is 2. The maximum Gasteiger partial charge on any atom is 0.407 e. The third-order valence-corrected chi connectivity index (χ3v) is 6.32. The van der Waals surface area contributed by atoms with Gasteiger partial charge in [-0.25, -0.2) is 4.79 Å². The molecule has 0 spiro atoms. The van der Waals surface area contributed by atoms with Crippen molar-refractivity contribution in [3.63, 3.8) is 0 Å². The van der Waals surface area contributed by atoms with Crippen LogP contribution in [0.25, 0.3) is 11.1 Å². The van der Waals surface area contributed by atoms with E-state index in [0.717, 1.165) is 22.3 Å². The number of nitrogens with one attached hydrogen (secondary N) is 1. The van der Waals surface area contributed by atoms with E-state index in [9.17, 15) is 14.4 Å². The molecule has 2 N–H and O–H groups in total. The highest BCUT2D eigenvalue weighted by atomic mass is 32.2. The topological polar surface area (TPSA) is 95.9 Å². The Hall–Kier alpha value is -3.00. The lowest BCUT2D eigenvalue weighted by atomic mass is 9.98. The summed E-state index contributed by atoms with van der Waals surface area (Å²) in [4.78, 5) is 38.1. The molecule has 0 saturated heterocycles. The van der Waals surface area contributed by atoms with Crippen LogP contribution in [0.3, 0.4) is 0 Å². The highest BCUT2D eigenvalue weighted by molar-refractivity contribution is 7.98. The van der Waals surface area contributed by atoms with Gasteiger partial charge in [0.05, 0.1) is 0 Å². The van der Waals surface area contributed by atoms with E-state index in [1.54, 1.807) is 11.8 Å². The lowest BCUT2D eigenvalue weighted by Crippen LogP contribution is -2.50. The lowest BCUT2D eigenvalue weighted by Gasteiger charge is -2.26. The van der Waals surface area contributed by atoms with E-state index >= 15 is 0 Å². The fraction of sp³-hybridized carbons (Fsp3) is 0.400. The van der Waals surface area contributed by atoms with Gasteiger partial charge in [0.15, 0.2) is 0 Å². The maximum atomic E-state index is 13.0. The quantitative estimate of drug-likeness (QED) is 0.516. The highest BCUT2D eigenvalue weighted by Gasteiger charge is 2.31. The normalized spacial score (nSPS) is 13.0. The largest absolute Gasteiger partial charge is 0.480 e. The number of amides is 2. The monoisotopic (exact) mass is 470 g/mol. The van der Waals surface area contributed by atoms with Crippen LogP contribution in [0.2, 0.25) is 0 Å². The van der Waals surface area contributed by atoms with Crippen molar-refractivity contribution in [1.82, 2.24) is 10.2 Å². The predicted octanol–water partition coefficient (Wildman–Crippen LogP) is 3.97. The summed E-state index contributed by atoms with van der Waals surface area (Å²) in [6.45, 7) is 1.94. The molecule has 3 rings (SSSR count). The molecule has 176 valence electrons. The fourth-order valence-corrected chi connectivity index (χ4v) is 4.67. The second-order valence-corrected chi connectivity index (χ2v) is 8.94. The molecule has 2 aromatic rings. The SMILES string of the molecule is CCCN(CC(=O)O)C(=O)[C@H](CCSC)NC(=O)OCC1c2ccccc2-c2ccccc21. The Bertz CT molecular complexity index is 951. The average Bonchev–Trinajstić information content (AvgIpc) is 3.13. The number of carboxylic acids is 1. The van der Waals surface area contributed by atoms with E-state index in [0.29, 0.717) is 25.1 Å². The molecule has 2 aromatic carbocycles. The fourth-order valence-electron chi connectivity index (χ4n) is 4.20. The molecule has 0 unspecified atom stereocenters. The van der Waals surface area contributed by atoms with E-state index < -0.39 is 30.6 Å². The third kappa shape index (κ3) is 6.07. The summed E-state index contributed by atoms with van der Waals surface area (Å²) >= 11 is 1.55. The number of ether oxygens (including phenoxy) is 1. The van der Waals surface area contributed by atoms with Crippen LogP contribution in [-0.4, -0.2) is 65.7 Å². The summed E-state index contributed by atoms with van der Waals surface area (Å²) in [6, 6.07) is 15.3. The molecule has 1 aliphatic rings. The molecule has 0 aliphatic heterocycles. The highest BCUT2D eigenvalue weighted by Crippen LogP contribution is 2.44. The number of nitrogens with zero attached hydrogens (tertiary/aromatic N) is 1. The van der Waals surface area contributed by atoms with Crippen molar-refractivity contribution in [2.24, 2.45) is 0 Å². The van der Waals surface area contributed by atoms with E-state index in [1.165, 1.54) is 4.90 Å². The van der Waals surface area contributed by atoms with E-state index in [4.69, 9.17) is 9.84 Å². The molecule has 0 heterocycles. The van der Waals surface area contributed by atoms with Gasteiger partial charge in [-0.2, -0.15) is 11.8 Å². The lowest BCUT2D eigenvalue weighted by molar-refractivity contribution is -0.145. The zero-order chi connectivity index (χ0) is 23.8. The maximum absolute atomic E-state index is 13.0. The van der Waals surface area contributed by atoms with E-state index in [-0.39, 0.29) is 12.5 Å². The summed E-state index contributed by atoms with van der Waals surface area (Å²) in [7, 11) is 0. The van der Waals surface area contributed by atoms with Gasteiger partial charge in [0.1, 0.15) is 19.2 Å². The zero-order valence-electron chi connectivity index (χ0n) is 19.0. The van der Waals surface area contributed by atoms with Gasteiger partial charge < -0.3 is 20.1 Å². The van der Waals surface area contributed by atoms with Crippen molar-refractivity contribution in [2.75, 3.05) is 31.7 Å². The Labute approximate surface area is 198 Å². The molecule has 1 aliphatic carbocycles. The smallest absolute Gasteiger partial charge is 0.407 e. The molecule has 0 saturated carbocycles. The van der Waals surface area contributed by atoms with Gasteiger partial charge in [-0.05, 0) is 47.1 Å². The number of carbonyl (C=O) groups is 3. The van der Waals surface area contributed by atoms with Crippen LogP contribution in [0.5, 0.6) is 0 Å². The first kappa shape index (κ1) is 24.6. The number of hydrogen-bond acceptors (Lipinski definition) is 5. The Morgan fingerprint density at radius 3 is 2.24 bits per heavy atom. The van der Waals surface area contributed by atoms with Gasteiger partial charge in [0, 0.05) is 12.5 Å². The molecule has 33 heavy (non-hydrogen) atoms. The third-order valence-electron chi connectivity index (χ3n) is 5.68. The first-order chi connectivity index (χ1) is 16.0. The number of thioether (sulfide) groups is 1. The molecule has 2 amide bonds. The van der Waals surface area contributed by atoms with Crippen LogP contribution in [-0.2, 0) is 14.3 Å². The number of aliphatic carboxylic acids is 1. The van der Waals surface area contributed by atoms with Crippen molar-refractivity contribution in [3.8, 4) is 11.1 Å². The Balaban J connectivity index is 1.68. The van der Waals surface area contributed by atoms with Crippen molar-refractivity contribution >= 4 is 29.7 Å². The Kier molecular flexibility index (Phi) is 8.77. The van der Waals surface area contributed by atoms with Crippen molar-refractivity contribution in [1.29, 1.82) is 0 Å². The van der Waals surface area contributed by atoms with Crippen LogP contribution in [0.15, 0.2) is 48.5 Å². The van der Waals surface area contributed by atoms with Gasteiger partial charge in [0.25, 0.3) is 0 Å². The number of rotatable bonds is 11. The van der Waals surface area contributed by atoms with Gasteiger partial charge >= 0.3 is 12.1 Å².